The van der Waals surface area contributed by atoms with Gasteiger partial charge in [0.25, 0.3) is 0 Å². The topological polar surface area (TPSA) is 81.1 Å². The third-order valence-electron chi connectivity index (χ3n) is 4.48. The van der Waals surface area contributed by atoms with Crippen molar-refractivity contribution in [2.45, 2.75) is 0 Å². The van der Waals surface area contributed by atoms with Crippen LogP contribution < -0.4 is 15.4 Å². The molecule has 0 radical (unpaired) electrons. The number of carbonyl (C=O) groups is 1. The van der Waals surface area contributed by atoms with Crippen molar-refractivity contribution in [2.24, 2.45) is 0 Å². The van der Waals surface area contributed by atoms with Gasteiger partial charge in [0.15, 0.2) is 5.11 Å². The minimum Gasteiger partial charge on any atom is -0.497 e. The number of hydrogen-bond donors (Lipinski definition) is 2. The van der Waals surface area contributed by atoms with Gasteiger partial charge in [-0.25, -0.2) is 4.39 Å². The number of carbonyl (C=O) groups excluding carboxylic acids is 1. The van der Waals surface area contributed by atoms with E-state index < -0.39 is 0 Å². The second kappa shape index (κ2) is 9.36. The molecule has 0 spiro atoms. The Morgan fingerprint density at radius 2 is 1.75 bits per heavy atom. The lowest BCUT2D eigenvalue weighted by Crippen LogP contribution is -2.32. The average molecular weight is 447 g/mol. The van der Waals surface area contributed by atoms with Crippen LogP contribution in [-0.4, -0.2) is 33.1 Å². The Balaban J connectivity index is 1.38. The first-order chi connectivity index (χ1) is 15.5. The van der Waals surface area contributed by atoms with Crippen LogP contribution in [0.15, 0.2) is 72.8 Å². The second-order valence-corrected chi connectivity index (χ2v) is 7.13. The Labute approximate surface area is 188 Å². The number of hydrogen-bond acceptors (Lipinski definition) is 5. The van der Waals surface area contributed by atoms with E-state index in [-0.39, 0.29) is 16.8 Å². The quantitative estimate of drug-likeness (QED) is 0.354. The molecule has 0 bridgehead atoms. The zero-order valence-corrected chi connectivity index (χ0v) is 17.8. The van der Waals surface area contributed by atoms with E-state index >= 15 is 0 Å². The molecule has 2 N–H and O–H groups in total. The molecule has 3 aromatic carbocycles. The van der Waals surface area contributed by atoms with Gasteiger partial charge in [-0.15, -0.1) is 10.2 Å². The molecule has 4 rings (SSSR count). The summed E-state index contributed by atoms with van der Waals surface area (Å²) in [5, 5.41) is 14.5. The van der Waals surface area contributed by atoms with E-state index in [0.717, 1.165) is 11.3 Å². The monoisotopic (exact) mass is 447 g/mol. The Bertz CT molecular complexity index is 1300. The van der Waals surface area contributed by atoms with E-state index in [2.05, 4.69) is 20.8 Å². The molecule has 9 heteroatoms. The summed E-state index contributed by atoms with van der Waals surface area (Å²) in [6, 6.07) is 18.5. The summed E-state index contributed by atoms with van der Waals surface area (Å²) in [7, 11) is 1.59. The van der Waals surface area contributed by atoms with E-state index in [1.54, 1.807) is 43.5 Å². The summed E-state index contributed by atoms with van der Waals surface area (Å²) in [5.41, 5.74) is 3.43. The van der Waals surface area contributed by atoms with E-state index in [1.165, 1.54) is 23.0 Å². The van der Waals surface area contributed by atoms with Gasteiger partial charge in [-0.05, 0) is 78.5 Å². The van der Waals surface area contributed by atoms with Crippen molar-refractivity contribution in [1.82, 2.24) is 20.3 Å². The lowest BCUT2D eigenvalue weighted by Gasteiger charge is -2.07. The van der Waals surface area contributed by atoms with Gasteiger partial charge < -0.3 is 10.1 Å². The fraction of sp³-hybridized carbons (Fsp3) is 0.0435. The zero-order chi connectivity index (χ0) is 22.5. The lowest BCUT2D eigenvalue weighted by atomic mass is 10.2. The molecule has 0 fully saturated rings. The third-order valence-corrected chi connectivity index (χ3v) is 4.68. The van der Waals surface area contributed by atoms with Crippen LogP contribution in [0.25, 0.3) is 22.8 Å². The molecular formula is C23H18FN5O2S. The van der Waals surface area contributed by atoms with Crippen molar-refractivity contribution >= 4 is 46.0 Å². The molecule has 7 nitrogen and oxygen atoms in total. The number of halogens is 1. The number of aromatic nitrogens is 3. The molecule has 160 valence electrons. The van der Waals surface area contributed by atoms with Crippen molar-refractivity contribution in [3.05, 3.63) is 84.2 Å². The molecule has 0 saturated carbocycles. The van der Waals surface area contributed by atoms with Crippen molar-refractivity contribution < 1.29 is 13.9 Å². The van der Waals surface area contributed by atoms with Crippen LogP contribution in [0.1, 0.15) is 5.56 Å². The number of rotatable bonds is 5. The van der Waals surface area contributed by atoms with Gasteiger partial charge >= 0.3 is 0 Å². The number of ether oxygens (including phenoxy) is 1. The van der Waals surface area contributed by atoms with Gasteiger partial charge in [0.1, 0.15) is 22.6 Å². The molecule has 0 aliphatic carbocycles. The van der Waals surface area contributed by atoms with Crippen molar-refractivity contribution in [3.63, 3.8) is 0 Å². The van der Waals surface area contributed by atoms with E-state index in [1.807, 2.05) is 24.3 Å². The van der Waals surface area contributed by atoms with Crippen LogP contribution in [0.5, 0.6) is 5.75 Å². The van der Waals surface area contributed by atoms with Gasteiger partial charge in [-0.1, -0.05) is 12.1 Å². The first-order valence-electron chi connectivity index (χ1n) is 9.57. The molecule has 0 aliphatic rings. The Morgan fingerprint density at radius 1 is 1.03 bits per heavy atom. The standard InChI is InChI=1S/C23H18FN5O2S/c1-31-19-10-2-15(3-11-19)4-13-22(30)26-23(32)25-17-7-12-20-21(14-17)28-29(27-20)18-8-5-16(24)6-9-18/h2-14H,1H3,(H2,25,26,30,32)/b13-4+. The molecule has 1 aromatic heterocycles. The highest BCUT2D eigenvalue weighted by Crippen LogP contribution is 2.18. The molecule has 0 unspecified atom stereocenters. The molecule has 0 atom stereocenters. The highest BCUT2D eigenvalue weighted by atomic mass is 32.1. The predicted molar refractivity (Wildman–Crippen MR) is 125 cm³/mol. The number of fused-ring (bicyclic) bond motifs is 1. The summed E-state index contributed by atoms with van der Waals surface area (Å²) in [4.78, 5) is 13.6. The first-order valence-corrected chi connectivity index (χ1v) is 9.98. The van der Waals surface area contributed by atoms with Gasteiger partial charge in [-0.3, -0.25) is 10.1 Å². The lowest BCUT2D eigenvalue weighted by molar-refractivity contribution is -0.115. The SMILES string of the molecule is COc1ccc(/C=C/C(=O)NC(=S)Nc2ccc3nn(-c4ccc(F)cc4)nc3c2)cc1. The largest absolute Gasteiger partial charge is 0.497 e. The number of nitrogens with one attached hydrogen (secondary N) is 2. The molecule has 1 heterocycles. The summed E-state index contributed by atoms with van der Waals surface area (Å²) in [6.45, 7) is 0. The van der Waals surface area contributed by atoms with Crippen molar-refractivity contribution in [2.75, 3.05) is 12.4 Å². The number of nitrogens with zero attached hydrogens (tertiary/aromatic N) is 3. The van der Waals surface area contributed by atoms with Crippen LogP contribution in [0.4, 0.5) is 10.1 Å². The zero-order valence-electron chi connectivity index (χ0n) is 16.9. The van der Waals surface area contributed by atoms with E-state index in [0.29, 0.717) is 22.4 Å². The maximum Gasteiger partial charge on any atom is 0.250 e. The summed E-state index contributed by atoms with van der Waals surface area (Å²) in [5.74, 6) is 0.0552. The Hall–Kier alpha value is -4.11. The molecule has 1 amide bonds. The number of amides is 1. The smallest absolute Gasteiger partial charge is 0.250 e. The highest BCUT2D eigenvalue weighted by molar-refractivity contribution is 7.80. The first kappa shape index (κ1) is 21.1. The van der Waals surface area contributed by atoms with Crippen LogP contribution in [0.3, 0.4) is 0 Å². The number of thiocarbonyl (C=S) groups is 1. The van der Waals surface area contributed by atoms with Crippen LogP contribution in [0, 0.1) is 5.82 Å². The minimum atomic E-state index is -0.360. The van der Waals surface area contributed by atoms with Crippen LogP contribution in [-0.2, 0) is 4.79 Å². The van der Waals surface area contributed by atoms with Crippen molar-refractivity contribution in [3.8, 4) is 11.4 Å². The fourth-order valence-electron chi connectivity index (χ4n) is 2.89. The fourth-order valence-corrected chi connectivity index (χ4v) is 3.10. The number of methoxy groups -OCH3 is 1. The van der Waals surface area contributed by atoms with Crippen LogP contribution >= 0.6 is 12.2 Å². The van der Waals surface area contributed by atoms with Gasteiger partial charge in [0.2, 0.25) is 5.91 Å². The molecular weight excluding hydrogens is 429 g/mol. The summed E-state index contributed by atoms with van der Waals surface area (Å²) >= 11 is 5.22. The van der Waals surface area contributed by atoms with E-state index in [9.17, 15) is 9.18 Å². The normalized spacial score (nSPS) is 10.9. The molecule has 0 saturated heterocycles. The predicted octanol–water partition coefficient (Wildman–Crippen LogP) is 4.09. The van der Waals surface area contributed by atoms with Gasteiger partial charge in [0, 0.05) is 11.8 Å². The van der Waals surface area contributed by atoms with Gasteiger partial charge in [-0.2, -0.15) is 4.80 Å². The highest BCUT2D eigenvalue weighted by Gasteiger charge is 2.08. The molecule has 32 heavy (non-hydrogen) atoms. The van der Waals surface area contributed by atoms with Crippen molar-refractivity contribution in [1.29, 1.82) is 0 Å². The van der Waals surface area contributed by atoms with Crippen LogP contribution in [0.2, 0.25) is 0 Å². The Morgan fingerprint density at radius 3 is 2.47 bits per heavy atom. The maximum absolute atomic E-state index is 13.1. The van der Waals surface area contributed by atoms with Gasteiger partial charge in [0.05, 0.1) is 12.8 Å². The number of benzene rings is 3. The Kier molecular flexibility index (Phi) is 6.18. The second-order valence-electron chi connectivity index (χ2n) is 6.72. The summed E-state index contributed by atoms with van der Waals surface area (Å²) < 4.78 is 18.2. The number of anilines is 1. The maximum atomic E-state index is 13.1. The average Bonchev–Trinajstić information content (AvgIpc) is 3.22. The van der Waals surface area contributed by atoms with E-state index in [4.69, 9.17) is 17.0 Å². The minimum absolute atomic E-state index is 0.152. The molecule has 4 aromatic rings. The molecule has 0 aliphatic heterocycles. The third kappa shape index (κ3) is 5.13. The summed E-state index contributed by atoms with van der Waals surface area (Å²) in [6.07, 6.45) is 3.07.